The Labute approximate surface area is 306 Å². The second kappa shape index (κ2) is 18.2. The molecule has 3 amide bonds. The molecule has 4 heterocycles. The Bertz CT molecular complexity index is 1650. The minimum absolute atomic E-state index is 0.0108. The van der Waals surface area contributed by atoms with Crippen molar-refractivity contribution in [3.8, 4) is 0 Å². The number of alkyl carbamates (subject to hydrolysis) is 1. The molecule has 2 aliphatic rings. The standard InChI is InChI=1S/C38H54N8O6/c1-24(2)32(41-23-52-51-6)36(47)45-19-7-9-30(45)34-39-21-28(42-34)17-15-26-11-13-27(14-12-26)16-18-29-22-40-35(43-29)31-10-8-20-46(31)37(48)33(25(3)4)44-38(49)50-5/h11-14,21-25,30-33H,7-10,15-20H2,1-6H3,(H,39,42)(H,40,43)(H,44,49)/b41-23-/t30-,31-,32-,33-/m0/s1. The number of hydrogen-bond acceptors (Lipinski definition) is 9. The molecule has 0 saturated carbocycles. The lowest BCUT2D eigenvalue weighted by molar-refractivity contribution is -0.188. The third-order valence-corrected chi connectivity index (χ3v) is 10.0. The van der Waals surface area contributed by atoms with Crippen LogP contribution in [0.4, 0.5) is 4.79 Å². The van der Waals surface area contributed by atoms with Crippen molar-refractivity contribution in [2.45, 2.75) is 103 Å². The summed E-state index contributed by atoms with van der Waals surface area (Å²) in [7, 11) is 2.69. The molecule has 3 N–H and O–H groups in total. The van der Waals surface area contributed by atoms with E-state index in [9.17, 15) is 14.4 Å². The van der Waals surface area contributed by atoms with Crippen molar-refractivity contribution in [2.75, 3.05) is 27.3 Å². The number of amides is 3. The molecular formula is C38H54N8O6. The highest BCUT2D eigenvalue weighted by atomic mass is 17.2. The fourth-order valence-corrected chi connectivity index (χ4v) is 7.10. The van der Waals surface area contributed by atoms with Gasteiger partial charge in [-0.05, 0) is 74.3 Å². The predicted molar refractivity (Wildman–Crippen MR) is 195 cm³/mol. The molecule has 282 valence electrons. The zero-order valence-corrected chi connectivity index (χ0v) is 31.3. The Hall–Kier alpha value is -4.72. The lowest BCUT2D eigenvalue weighted by Gasteiger charge is -2.29. The Morgan fingerprint density at radius 1 is 0.827 bits per heavy atom. The molecule has 2 aromatic heterocycles. The number of carbonyl (C=O) groups is 3. The molecule has 14 nitrogen and oxygen atoms in total. The molecule has 52 heavy (non-hydrogen) atoms. The largest absolute Gasteiger partial charge is 0.453 e. The van der Waals surface area contributed by atoms with Crippen LogP contribution in [0.15, 0.2) is 41.7 Å². The van der Waals surface area contributed by atoms with Crippen molar-refractivity contribution in [3.63, 3.8) is 0 Å². The van der Waals surface area contributed by atoms with Crippen LogP contribution >= 0.6 is 0 Å². The van der Waals surface area contributed by atoms with Crippen molar-refractivity contribution in [2.24, 2.45) is 16.8 Å². The zero-order chi connectivity index (χ0) is 37.2. The number of nitrogens with zero attached hydrogens (tertiary/aromatic N) is 5. The number of aromatic amines is 2. The van der Waals surface area contributed by atoms with E-state index in [0.717, 1.165) is 74.4 Å². The van der Waals surface area contributed by atoms with Crippen LogP contribution in [0.2, 0.25) is 0 Å². The highest BCUT2D eigenvalue weighted by Gasteiger charge is 2.38. The number of carbonyl (C=O) groups excluding carboxylic acids is 3. The normalized spacial score (nSPS) is 18.8. The van der Waals surface area contributed by atoms with Gasteiger partial charge in [-0.15, -0.1) is 0 Å². The number of ether oxygens (including phenoxy) is 1. The molecule has 0 bridgehead atoms. The summed E-state index contributed by atoms with van der Waals surface area (Å²) in [5.74, 6) is 1.39. The summed E-state index contributed by atoms with van der Waals surface area (Å²) < 4.78 is 4.74. The van der Waals surface area contributed by atoms with Gasteiger partial charge in [0.05, 0.1) is 37.7 Å². The first-order valence-corrected chi connectivity index (χ1v) is 18.4. The molecular weight excluding hydrogens is 664 g/mol. The fraction of sp³-hybridized carbons (Fsp3) is 0.579. The molecule has 0 aliphatic carbocycles. The van der Waals surface area contributed by atoms with Gasteiger partial charge in [0.15, 0.2) is 0 Å². The van der Waals surface area contributed by atoms with Gasteiger partial charge in [0.2, 0.25) is 18.2 Å². The van der Waals surface area contributed by atoms with Crippen molar-refractivity contribution >= 4 is 24.3 Å². The number of hydrogen-bond donors (Lipinski definition) is 3. The number of aromatic nitrogens is 4. The fourth-order valence-electron chi connectivity index (χ4n) is 7.10. The van der Waals surface area contributed by atoms with Gasteiger partial charge in [-0.1, -0.05) is 52.0 Å². The zero-order valence-electron chi connectivity index (χ0n) is 31.3. The number of aliphatic imine (C=N–C) groups is 1. The number of H-pyrrole nitrogens is 2. The molecule has 0 spiro atoms. The number of methoxy groups -OCH3 is 1. The van der Waals surface area contributed by atoms with Crippen LogP contribution in [-0.2, 0) is 49.8 Å². The SMILES string of the molecule is COO/C=N\[C@H](C(=O)N1CCC[C@H]1c1nc(CCc2ccc(CCc3c[nH]c([C@@H]4CCCN4C(=O)[C@@H](NC(=O)OC)C(C)C)n3)cc2)c[nH]1)C(C)C. The second-order valence-corrected chi connectivity index (χ2v) is 14.3. The summed E-state index contributed by atoms with van der Waals surface area (Å²) in [5.41, 5.74) is 4.39. The summed E-state index contributed by atoms with van der Waals surface area (Å²) in [5, 5.41) is 2.70. The molecule has 2 saturated heterocycles. The van der Waals surface area contributed by atoms with Crippen LogP contribution in [0.25, 0.3) is 0 Å². The summed E-state index contributed by atoms with van der Waals surface area (Å²) in [6, 6.07) is 7.23. The molecule has 4 atom stereocenters. The highest BCUT2D eigenvalue weighted by molar-refractivity contribution is 5.86. The second-order valence-electron chi connectivity index (χ2n) is 14.3. The monoisotopic (exact) mass is 718 g/mol. The maximum atomic E-state index is 13.4. The van der Waals surface area contributed by atoms with Crippen molar-refractivity contribution in [1.82, 2.24) is 35.1 Å². The van der Waals surface area contributed by atoms with Crippen molar-refractivity contribution in [3.05, 3.63) is 70.8 Å². The average molecular weight is 719 g/mol. The molecule has 14 heteroatoms. The van der Waals surface area contributed by atoms with Crippen LogP contribution in [0.3, 0.4) is 0 Å². The number of imidazole rings is 2. The molecule has 0 unspecified atom stereocenters. The number of nitrogens with one attached hydrogen (secondary N) is 3. The third kappa shape index (κ3) is 9.58. The van der Waals surface area contributed by atoms with E-state index < -0.39 is 18.2 Å². The van der Waals surface area contributed by atoms with Gasteiger partial charge in [-0.3, -0.25) is 9.59 Å². The van der Waals surface area contributed by atoms with Gasteiger partial charge < -0.3 is 34.7 Å². The van der Waals surface area contributed by atoms with E-state index in [1.54, 1.807) is 0 Å². The van der Waals surface area contributed by atoms with Gasteiger partial charge in [0, 0.05) is 25.5 Å². The third-order valence-electron chi connectivity index (χ3n) is 10.0. The first-order valence-electron chi connectivity index (χ1n) is 18.4. The smallest absolute Gasteiger partial charge is 0.407 e. The average Bonchev–Trinajstić information content (AvgIpc) is 3.97. The maximum absolute atomic E-state index is 13.4. The number of aryl methyl sites for hydroxylation is 4. The van der Waals surface area contributed by atoms with Crippen LogP contribution < -0.4 is 5.32 Å². The molecule has 1 aromatic carbocycles. The first kappa shape index (κ1) is 38.5. The van der Waals surface area contributed by atoms with Crippen molar-refractivity contribution in [1.29, 1.82) is 0 Å². The van der Waals surface area contributed by atoms with E-state index in [2.05, 4.69) is 49.4 Å². The van der Waals surface area contributed by atoms with Gasteiger partial charge in [-0.2, -0.15) is 4.89 Å². The Morgan fingerprint density at radius 2 is 1.35 bits per heavy atom. The molecule has 0 radical (unpaired) electrons. The van der Waals surface area contributed by atoms with E-state index in [0.29, 0.717) is 13.1 Å². The summed E-state index contributed by atoms with van der Waals surface area (Å²) in [6.45, 7) is 9.06. The Kier molecular flexibility index (Phi) is 13.5. The van der Waals surface area contributed by atoms with E-state index >= 15 is 0 Å². The number of likely N-dealkylation sites (tertiary alicyclic amines) is 2. The van der Waals surface area contributed by atoms with Crippen molar-refractivity contribution < 1.29 is 28.9 Å². The first-order chi connectivity index (χ1) is 25.1. The van der Waals surface area contributed by atoms with Crippen LogP contribution in [-0.4, -0.2) is 93.4 Å². The van der Waals surface area contributed by atoms with E-state index in [1.165, 1.54) is 31.7 Å². The predicted octanol–water partition coefficient (Wildman–Crippen LogP) is 5.04. The highest BCUT2D eigenvalue weighted by Crippen LogP contribution is 2.33. The molecule has 2 aliphatic heterocycles. The topological polar surface area (TPSA) is 167 Å². The Balaban J connectivity index is 1.11. The van der Waals surface area contributed by atoms with Gasteiger partial charge >= 0.3 is 6.09 Å². The lowest BCUT2D eigenvalue weighted by atomic mass is 10.0. The van der Waals surface area contributed by atoms with Crippen LogP contribution in [0.5, 0.6) is 0 Å². The minimum Gasteiger partial charge on any atom is -0.453 e. The van der Waals surface area contributed by atoms with E-state index in [-0.39, 0.29) is 35.7 Å². The summed E-state index contributed by atoms with van der Waals surface area (Å²) >= 11 is 0. The quantitative estimate of drug-likeness (QED) is 0.0802. The number of benzene rings is 1. The van der Waals surface area contributed by atoms with Crippen LogP contribution in [0, 0.1) is 11.8 Å². The summed E-state index contributed by atoms with van der Waals surface area (Å²) in [4.78, 5) is 72.6. The van der Waals surface area contributed by atoms with Crippen LogP contribution in [0.1, 0.15) is 99.6 Å². The number of rotatable bonds is 16. The molecule has 3 aromatic rings. The summed E-state index contributed by atoms with van der Waals surface area (Å²) in [6.07, 6.45) is 11.2. The van der Waals surface area contributed by atoms with E-state index in [1.807, 2.05) is 49.9 Å². The maximum Gasteiger partial charge on any atom is 0.407 e. The minimum atomic E-state index is -0.658. The van der Waals surface area contributed by atoms with Gasteiger partial charge in [-0.25, -0.2) is 19.8 Å². The van der Waals surface area contributed by atoms with Gasteiger partial charge in [0.1, 0.15) is 23.7 Å². The Morgan fingerprint density at radius 3 is 1.81 bits per heavy atom. The van der Waals surface area contributed by atoms with Gasteiger partial charge in [0.25, 0.3) is 0 Å². The lowest BCUT2D eigenvalue weighted by Crippen LogP contribution is -2.51. The molecule has 5 rings (SSSR count). The van der Waals surface area contributed by atoms with E-state index in [4.69, 9.17) is 19.6 Å². The molecule has 2 fully saturated rings.